The zero-order valence-corrected chi connectivity index (χ0v) is 10.3. The van der Waals surface area contributed by atoms with Gasteiger partial charge in [0.15, 0.2) is 0 Å². The quantitative estimate of drug-likeness (QED) is 0.629. The first-order chi connectivity index (χ1) is 7.77. The molecule has 90 valence electrons. The minimum absolute atomic E-state index is 0.178. The standard InChI is InChI=1S/C12H19NO2S/c1-2-13-7-10-5-3-4-6-12(10)16-9-11(15)8-14/h3-6,11,13-15H,2,7-9H2,1H3. The monoisotopic (exact) mass is 241 g/mol. The molecule has 0 aromatic heterocycles. The van der Waals surface area contributed by atoms with Gasteiger partial charge in [-0.25, -0.2) is 0 Å². The summed E-state index contributed by atoms with van der Waals surface area (Å²) in [5, 5.41) is 21.3. The van der Waals surface area contributed by atoms with Gasteiger partial charge in [0.05, 0.1) is 12.7 Å². The minimum atomic E-state index is -0.641. The highest BCUT2D eigenvalue weighted by Crippen LogP contribution is 2.23. The Morgan fingerprint density at radius 2 is 2.12 bits per heavy atom. The molecule has 0 aliphatic rings. The van der Waals surface area contributed by atoms with Crippen molar-refractivity contribution in [3.8, 4) is 0 Å². The number of nitrogens with one attached hydrogen (secondary N) is 1. The molecule has 0 amide bonds. The van der Waals surface area contributed by atoms with E-state index < -0.39 is 6.10 Å². The highest BCUT2D eigenvalue weighted by Gasteiger charge is 2.06. The van der Waals surface area contributed by atoms with Crippen molar-refractivity contribution < 1.29 is 10.2 Å². The molecule has 1 rings (SSSR count). The third-order valence-corrected chi connectivity index (χ3v) is 3.44. The summed E-state index contributed by atoms with van der Waals surface area (Å²) in [6, 6.07) is 8.13. The number of aliphatic hydroxyl groups is 2. The maximum Gasteiger partial charge on any atom is 0.0864 e. The van der Waals surface area contributed by atoms with Crippen molar-refractivity contribution in [3.05, 3.63) is 29.8 Å². The van der Waals surface area contributed by atoms with Crippen LogP contribution in [0.1, 0.15) is 12.5 Å². The van der Waals surface area contributed by atoms with E-state index in [1.807, 2.05) is 18.2 Å². The van der Waals surface area contributed by atoms with E-state index in [0.717, 1.165) is 18.0 Å². The second kappa shape index (κ2) is 7.68. The molecule has 1 aromatic rings. The lowest BCUT2D eigenvalue weighted by Gasteiger charge is -2.11. The number of hydrogen-bond acceptors (Lipinski definition) is 4. The summed E-state index contributed by atoms with van der Waals surface area (Å²) in [5.74, 6) is 0.527. The molecule has 0 heterocycles. The molecule has 0 radical (unpaired) electrons. The van der Waals surface area contributed by atoms with E-state index in [2.05, 4.69) is 18.3 Å². The Kier molecular flexibility index (Phi) is 6.49. The summed E-state index contributed by atoms with van der Waals surface area (Å²) in [5.41, 5.74) is 1.24. The molecule has 0 bridgehead atoms. The van der Waals surface area contributed by atoms with Gasteiger partial charge in [0.1, 0.15) is 0 Å². The molecular formula is C12H19NO2S. The Morgan fingerprint density at radius 1 is 1.38 bits per heavy atom. The Hall–Kier alpha value is -0.550. The SMILES string of the molecule is CCNCc1ccccc1SCC(O)CO. The van der Waals surface area contributed by atoms with Gasteiger partial charge in [-0.15, -0.1) is 11.8 Å². The molecule has 3 N–H and O–H groups in total. The van der Waals surface area contributed by atoms with E-state index in [4.69, 9.17) is 5.11 Å². The zero-order valence-electron chi connectivity index (χ0n) is 9.52. The van der Waals surface area contributed by atoms with Gasteiger partial charge in [-0.2, -0.15) is 0 Å². The van der Waals surface area contributed by atoms with Crippen molar-refractivity contribution in [2.24, 2.45) is 0 Å². The first-order valence-corrected chi connectivity index (χ1v) is 6.46. The molecule has 0 spiro atoms. The smallest absolute Gasteiger partial charge is 0.0864 e. The van der Waals surface area contributed by atoms with Crippen molar-refractivity contribution in [1.29, 1.82) is 0 Å². The fourth-order valence-corrected chi connectivity index (χ4v) is 2.27. The van der Waals surface area contributed by atoms with Gasteiger partial charge in [0, 0.05) is 17.2 Å². The summed E-state index contributed by atoms with van der Waals surface area (Å²) in [4.78, 5) is 1.16. The molecule has 0 fully saturated rings. The van der Waals surface area contributed by atoms with Crippen LogP contribution in [0, 0.1) is 0 Å². The van der Waals surface area contributed by atoms with Crippen LogP contribution in [-0.4, -0.2) is 35.2 Å². The average molecular weight is 241 g/mol. The van der Waals surface area contributed by atoms with Crippen LogP contribution in [0.2, 0.25) is 0 Å². The maximum absolute atomic E-state index is 9.30. The van der Waals surface area contributed by atoms with Crippen LogP contribution in [0.4, 0.5) is 0 Å². The van der Waals surface area contributed by atoms with Crippen LogP contribution in [0.15, 0.2) is 29.2 Å². The molecule has 0 saturated heterocycles. The molecule has 1 unspecified atom stereocenters. The Morgan fingerprint density at radius 3 is 2.81 bits per heavy atom. The van der Waals surface area contributed by atoms with Gasteiger partial charge in [-0.1, -0.05) is 25.1 Å². The molecule has 4 heteroatoms. The maximum atomic E-state index is 9.30. The second-order valence-corrected chi connectivity index (χ2v) is 4.60. The van der Waals surface area contributed by atoms with E-state index in [9.17, 15) is 5.11 Å². The topological polar surface area (TPSA) is 52.5 Å². The van der Waals surface area contributed by atoms with E-state index in [-0.39, 0.29) is 6.61 Å². The van der Waals surface area contributed by atoms with E-state index >= 15 is 0 Å². The number of benzene rings is 1. The fourth-order valence-electron chi connectivity index (χ4n) is 1.29. The van der Waals surface area contributed by atoms with E-state index in [1.165, 1.54) is 5.56 Å². The summed E-state index contributed by atoms with van der Waals surface area (Å²) < 4.78 is 0. The van der Waals surface area contributed by atoms with Gasteiger partial charge < -0.3 is 15.5 Å². The highest BCUT2D eigenvalue weighted by molar-refractivity contribution is 7.99. The summed E-state index contributed by atoms with van der Waals surface area (Å²) in [6.45, 7) is 3.68. The Bertz CT molecular complexity index is 307. The van der Waals surface area contributed by atoms with Crippen LogP contribution < -0.4 is 5.32 Å². The number of hydrogen-bond donors (Lipinski definition) is 3. The third-order valence-electron chi connectivity index (χ3n) is 2.18. The summed E-state index contributed by atoms with van der Waals surface area (Å²) in [7, 11) is 0. The molecule has 1 aromatic carbocycles. The minimum Gasteiger partial charge on any atom is -0.394 e. The lowest BCUT2D eigenvalue weighted by atomic mass is 10.2. The van der Waals surface area contributed by atoms with Gasteiger partial charge in [0.25, 0.3) is 0 Å². The molecule has 16 heavy (non-hydrogen) atoms. The molecule has 0 aliphatic carbocycles. The zero-order chi connectivity index (χ0) is 11.8. The second-order valence-electron chi connectivity index (χ2n) is 3.54. The predicted molar refractivity (Wildman–Crippen MR) is 67.6 cm³/mol. The highest BCUT2D eigenvalue weighted by atomic mass is 32.2. The van der Waals surface area contributed by atoms with Crippen LogP contribution in [0.25, 0.3) is 0 Å². The van der Waals surface area contributed by atoms with Gasteiger partial charge in [-0.05, 0) is 18.2 Å². The van der Waals surface area contributed by atoms with Crippen LogP contribution >= 0.6 is 11.8 Å². The number of rotatable bonds is 7. The van der Waals surface area contributed by atoms with Gasteiger partial charge in [-0.3, -0.25) is 0 Å². The number of aliphatic hydroxyl groups excluding tert-OH is 2. The van der Waals surface area contributed by atoms with E-state index in [0.29, 0.717) is 5.75 Å². The van der Waals surface area contributed by atoms with Crippen molar-refractivity contribution in [1.82, 2.24) is 5.32 Å². The molecule has 0 aliphatic heterocycles. The first-order valence-electron chi connectivity index (χ1n) is 5.48. The molecule has 1 atom stereocenters. The molecular weight excluding hydrogens is 222 g/mol. The lowest BCUT2D eigenvalue weighted by molar-refractivity contribution is 0.113. The van der Waals surface area contributed by atoms with Gasteiger partial charge >= 0.3 is 0 Å². The normalized spacial score (nSPS) is 12.7. The first kappa shape index (κ1) is 13.5. The van der Waals surface area contributed by atoms with Crippen molar-refractivity contribution in [2.75, 3.05) is 18.9 Å². The number of thioether (sulfide) groups is 1. The van der Waals surface area contributed by atoms with Crippen LogP contribution in [-0.2, 0) is 6.54 Å². The Balaban J connectivity index is 2.56. The third kappa shape index (κ3) is 4.53. The van der Waals surface area contributed by atoms with Crippen LogP contribution in [0.3, 0.4) is 0 Å². The van der Waals surface area contributed by atoms with Gasteiger partial charge in [0.2, 0.25) is 0 Å². The fraction of sp³-hybridized carbons (Fsp3) is 0.500. The van der Waals surface area contributed by atoms with Crippen molar-refractivity contribution in [3.63, 3.8) is 0 Å². The largest absolute Gasteiger partial charge is 0.394 e. The van der Waals surface area contributed by atoms with Crippen molar-refractivity contribution >= 4 is 11.8 Å². The van der Waals surface area contributed by atoms with Crippen molar-refractivity contribution in [2.45, 2.75) is 24.5 Å². The van der Waals surface area contributed by atoms with E-state index in [1.54, 1.807) is 11.8 Å². The summed E-state index contributed by atoms with van der Waals surface area (Å²) in [6.07, 6.45) is -0.641. The lowest BCUT2D eigenvalue weighted by Crippen LogP contribution is -2.15. The molecule has 3 nitrogen and oxygen atoms in total. The predicted octanol–water partition coefficient (Wildman–Crippen LogP) is 1.24. The summed E-state index contributed by atoms with van der Waals surface area (Å²) >= 11 is 1.58. The van der Waals surface area contributed by atoms with Crippen LogP contribution in [0.5, 0.6) is 0 Å². The molecule has 0 saturated carbocycles. The average Bonchev–Trinajstić information content (AvgIpc) is 2.34. The Labute approximate surface area is 101 Å².